The minimum absolute atomic E-state index is 0.109. The standard InChI is InChI=1S/C22H22N4O2S/c1-3-13-28-19-9-7-17(8-10-19)11-12-23-20(27)15-26-21(24-25-22(26)29)18-6-4-5-16(2)14-18/h1,4-10,14H,11-13,15H2,2H3,(H,23,27)(H,25,29). The fourth-order valence-electron chi connectivity index (χ4n) is 2.89. The molecular formula is C22H22N4O2S. The molecule has 0 aliphatic rings. The van der Waals surface area contributed by atoms with Gasteiger partial charge in [0.05, 0.1) is 0 Å². The van der Waals surface area contributed by atoms with Crippen molar-refractivity contribution in [1.29, 1.82) is 0 Å². The molecule has 1 amide bonds. The molecule has 0 atom stereocenters. The zero-order chi connectivity index (χ0) is 20.6. The van der Waals surface area contributed by atoms with Gasteiger partial charge in [-0.05, 0) is 49.3 Å². The number of nitrogens with zero attached hydrogens (tertiary/aromatic N) is 2. The molecule has 1 aromatic heterocycles. The van der Waals surface area contributed by atoms with E-state index >= 15 is 0 Å². The Labute approximate surface area is 174 Å². The zero-order valence-corrected chi connectivity index (χ0v) is 17.0. The molecule has 3 rings (SSSR count). The fraction of sp³-hybridized carbons (Fsp3) is 0.227. The number of ether oxygens (including phenoxy) is 1. The molecule has 0 saturated heterocycles. The average molecular weight is 407 g/mol. The second kappa shape index (κ2) is 9.71. The molecule has 7 heteroatoms. The number of aryl methyl sites for hydroxylation is 1. The topological polar surface area (TPSA) is 71.9 Å². The van der Waals surface area contributed by atoms with E-state index in [1.165, 1.54) is 0 Å². The molecule has 0 spiro atoms. The van der Waals surface area contributed by atoms with Gasteiger partial charge in [-0.2, -0.15) is 5.10 Å². The van der Waals surface area contributed by atoms with Crippen LogP contribution in [0.15, 0.2) is 48.5 Å². The predicted octanol–water partition coefficient (Wildman–Crippen LogP) is 3.29. The quantitative estimate of drug-likeness (QED) is 0.445. The summed E-state index contributed by atoms with van der Waals surface area (Å²) >= 11 is 5.30. The summed E-state index contributed by atoms with van der Waals surface area (Å²) in [6.45, 7) is 2.89. The minimum atomic E-state index is -0.120. The van der Waals surface area contributed by atoms with Crippen LogP contribution in [0.1, 0.15) is 11.1 Å². The highest BCUT2D eigenvalue weighted by Crippen LogP contribution is 2.18. The number of aromatic amines is 1. The van der Waals surface area contributed by atoms with Crippen LogP contribution in [-0.2, 0) is 17.8 Å². The Morgan fingerprint density at radius 3 is 2.83 bits per heavy atom. The molecule has 148 valence electrons. The number of H-pyrrole nitrogens is 1. The second-order valence-corrected chi connectivity index (χ2v) is 6.93. The van der Waals surface area contributed by atoms with Crippen molar-refractivity contribution in [2.75, 3.05) is 13.2 Å². The Balaban J connectivity index is 1.56. The lowest BCUT2D eigenvalue weighted by atomic mass is 10.1. The third-order valence-corrected chi connectivity index (χ3v) is 4.63. The van der Waals surface area contributed by atoms with Crippen molar-refractivity contribution in [1.82, 2.24) is 20.1 Å². The van der Waals surface area contributed by atoms with Crippen molar-refractivity contribution in [3.63, 3.8) is 0 Å². The zero-order valence-electron chi connectivity index (χ0n) is 16.1. The van der Waals surface area contributed by atoms with Crippen molar-refractivity contribution in [2.45, 2.75) is 19.9 Å². The van der Waals surface area contributed by atoms with Crippen LogP contribution < -0.4 is 10.1 Å². The Morgan fingerprint density at radius 1 is 1.31 bits per heavy atom. The van der Waals surface area contributed by atoms with Crippen LogP contribution in [0.5, 0.6) is 5.75 Å². The van der Waals surface area contributed by atoms with Crippen LogP contribution in [0, 0.1) is 24.0 Å². The van der Waals surface area contributed by atoms with Crippen molar-refractivity contribution >= 4 is 18.1 Å². The molecule has 2 aromatic carbocycles. The number of hydrogen-bond donors (Lipinski definition) is 2. The van der Waals surface area contributed by atoms with Gasteiger partial charge < -0.3 is 10.1 Å². The number of hydrogen-bond acceptors (Lipinski definition) is 4. The SMILES string of the molecule is C#CCOc1ccc(CCNC(=O)Cn2c(-c3cccc(C)c3)n[nH]c2=S)cc1. The van der Waals surface area contributed by atoms with Crippen LogP contribution in [-0.4, -0.2) is 33.8 Å². The molecule has 6 nitrogen and oxygen atoms in total. The first-order valence-corrected chi connectivity index (χ1v) is 9.62. The van der Waals surface area contributed by atoms with E-state index in [2.05, 4.69) is 21.4 Å². The van der Waals surface area contributed by atoms with Crippen LogP contribution in [0.25, 0.3) is 11.4 Å². The second-order valence-electron chi connectivity index (χ2n) is 6.54. The average Bonchev–Trinajstić information content (AvgIpc) is 3.07. The number of benzene rings is 2. The van der Waals surface area contributed by atoms with E-state index in [0.29, 0.717) is 23.6 Å². The lowest BCUT2D eigenvalue weighted by Crippen LogP contribution is -2.29. The number of aromatic nitrogens is 3. The van der Waals surface area contributed by atoms with Gasteiger partial charge in [-0.1, -0.05) is 41.8 Å². The first kappa shape index (κ1) is 20.4. The van der Waals surface area contributed by atoms with Crippen LogP contribution in [0.4, 0.5) is 0 Å². The first-order valence-electron chi connectivity index (χ1n) is 9.21. The van der Waals surface area contributed by atoms with Crippen LogP contribution in [0.3, 0.4) is 0 Å². The molecule has 0 radical (unpaired) electrons. The number of carbonyl (C=O) groups is 1. The summed E-state index contributed by atoms with van der Waals surface area (Å²) in [6, 6.07) is 15.6. The number of nitrogens with one attached hydrogen (secondary N) is 2. The molecule has 0 fully saturated rings. The highest BCUT2D eigenvalue weighted by Gasteiger charge is 2.12. The third-order valence-electron chi connectivity index (χ3n) is 4.32. The van der Waals surface area contributed by atoms with E-state index in [1.54, 1.807) is 4.57 Å². The van der Waals surface area contributed by atoms with Crippen molar-refractivity contribution in [3.05, 3.63) is 64.4 Å². The molecular weight excluding hydrogens is 384 g/mol. The lowest BCUT2D eigenvalue weighted by molar-refractivity contribution is -0.121. The number of amides is 1. The Kier molecular flexibility index (Phi) is 6.82. The first-order chi connectivity index (χ1) is 14.1. The summed E-state index contributed by atoms with van der Waals surface area (Å²) in [7, 11) is 0. The molecule has 0 unspecified atom stereocenters. The van der Waals surface area contributed by atoms with E-state index in [-0.39, 0.29) is 19.1 Å². The Morgan fingerprint density at radius 2 is 2.10 bits per heavy atom. The fourth-order valence-corrected chi connectivity index (χ4v) is 3.09. The Hall–Kier alpha value is -3.37. The molecule has 0 saturated carbocycles. The van der Waals surface area contributed by atoms with E-state index in [4.69, 9.17) is 23.4 Å². The molecule has 3 aromatic rings. The van der Waals surface area contributed by atoms with Gasteiger partial charge in [0.25, 0.3) is 0 Å². The molecule has 2 N–H and O–H groups in total. The molecule has 0 aliphatic heterocycles. The minimum Gasteiger partial charge on any atom is -0.481 e. The van der Waals surface area contributed by atoms with E-state index in [0.717, 1.165) is 22.4 Å². The van der Waals surface area contributed by atoms with Gasteiger partial charge in [0.1, 0.15) is 18.9 Å². The van der Waals surface area contributed by atoms with E-state index in [9.17, 15) is 4.79 Å². The maximum Gasteiger partial charge on any atom is 0.240 e. The predicted molar refractivity (Wildman–Crippen MR) is 115 cm³/mol. The van der Waals surface area contributed by atoms with Gasteiger partial charge in [0.15, 0.2) is 10.6 Å². The van der Waals surface area contributed by atoms with Gasteiger partial charge in [0, 0.05) is 12.1 Å². The van der Waals surface area contributed by atoms with Gasteiger partial charge in [-0.25, -0.2) is 0 Å². The van der Waals surface area contributed by atoms with Gasteiger partial charge in [-0.3, -0.25) is 14.5 Å². The maximum absolute atomic E-state index is 12.4. The summed E-state index contributed by atoms with van der Waals surface area (Å²) in [5.41, 5.74) is 3.12. The van der Waals surface area contributed by atoms with Crippen molar-refractivity contribution in [2.24, 2.45) is 0 Å². The molecule has 29 heavy (non-hydrogen) atoms. The third kappa shape index (κ3) is 5.56. The molecule has 0 aliphatic carbocycles. The molecule has 0 bridgehead atoms. The van der Waals surface area contributed by atoms with Crippen LogP contribution in [0.2, 0.25) is 0 Å². The van der Waals surface area contributed by atoms with Gasteiger partial charge >= 0.3 is 0 Å². The van der Waals surface area contributed by atoms with E-state index in [1.807, 2.05) is 55.5 Å². The monoisotopic (exact) mass is 406 g/mol. The summed E-state index contributed by atoms with van der Waals surface area (Å²) in [5.74, 6) is 3.69. The number of rotatable bonds is 8. The van der Waals surface area contributed by atoms with Crippen molar-refractivity contribution < 1.29 is 9.53 Å². The smallest absolute Gasteiger partial charge is 0.240 e. The highest BCUT2D eigenvalue weighted by molar-refractivity contribution is 7.71. The van der Waals surface area contributed by atoms with Crippen LogP contribution >= 0.6 is 12.2 Å². The Bertz CT molecular complexity index is 1080. The van der Waals surface area contributed by atoms with Gasteiger partial charge in [-0.15, -0.1) is 6.42 Å². The summed E-state index contributed by atoms with van der Waals surface area (Å²) in [4.78, 5) is 12.4. The molecule has 1 heterocycles. The lowest BCUT2D eigenvalue weighted by Gasteiger charge is -2.09. The largest absolute Gasteiger partial charge is 0.481 e. The summed E-state index contributed by atoms with van der Waals surface area (Å²) < 4.78 is 7.47. The maximum atomic E-state index is 12.4. The van der Waals surface area contributed by atoms with E-state index < -0.39 is 0 Å². The van der Waals surface area contributed by atoms with Gasteiger partial charge in [0.2, 0.25) is 5.91 Å². The summed E-state index contributed by atoms with van der Waals surface area (Å²) in [5, 5.41) is 9.98. The number of carbonyl (C=O) groups excluding carboxylic acids is 1. The van der Waals surface area contributed by atoms with Crippen molar-refractivity contribution in [3.8, 4) is 29.5 Å². The normalized spacial score (nSPS) is 10.3. The number of terminal acetylenes is 1. The summed E-state index contributed by atoms with van der Waals surface area (Å²) in [6.07, 6.45) is 5.89. The highest BCUT2D eigenvalue weighted by atomic mass is 32.1.